The molecule has 192 valence electrons. The van der Waals surface area contributed by atoms with Gasteiger partial charge in [-0.1, -0.05) is 18.2 Å². The Bertz CT molecular complexity index is 1550. The van der Waals surface area contributed by atoms with E-state index in [4.69, 9.17) is 4.74 Å². The Hall–Kier alpha value is -3.94. The predicted octanol–water partition coefficient (Wildman–Crippen LogP) is 2.57. The molecule has 11 nitrogen and oxygen atoms in total. The van der Waals surface area contributed by atoms with Crippen molar-refractivity contribution in [2.24, 2.45) is 0 Å². The Morgan fingerprint density at radius 2 is 1.89 bits per heavy atom. The molecule has 37 heavy (non-hydrogen) atoms. The number of rotatable bonds is 9. The van der Waals surface area contributed by atoms with E-state index >= 15 is 0 Å². The number of nitrogens with zero attached hydrogens (tertiary/aromatic N) is 4. The fourth-order valence-electron chi connectivity index (χ4n) is 3.42. The minimum atomic E-state index is -3.53. The van der Waals surface area contributed by atoms with E-state index in [0.29, 0.717) is 16.6 Å². The third kappa shape index (κ3) is 6.44. The predicted molar refractivity (Wildman–Crippen MR) is 140 cm³/mol. The van der Waals surface area contributed by atoms with Crippen molar-refractivity contribution >= 4 is 38.3 Å². The highest BCUT2D eigenvalue weighted by atomic mass is 32.2. The van der Waals surface area contributed by atoms with Gasteiger partial charge < -0.3 is 15.4 Å². The minimum Gasteiger partial charge on any atom is -0.382 e. The normalized spacial score (nSPS) is 12.2. The van der Waals surface area contributed by atoms with Crippen LogP contribution in [0.2, 0.25) is 0 Å². The summed E-state index contributed by atoms with van der Waals surface area (Å²) in [5.74, 6) is -0.465. The summed E-state index contributed by atoms with van der Waals surface area (Å²) in [6.07, 6.45) is 5.16. The second-order valence-corrected chi connectivity index (χ2v) is 10.8. The van der Waals surface area contributed by atoms with Crippen LogP contribution in [0.15, 0.2) is 60.4 Å². The molecule has 0 fully saturated rings. The highest BCUT2D eigenvalue weighted by Gasteiger charge is 2.23. The number of carbonyl (C=O) groups is 2. The Morgan fingerprint density at radius 1 is 1.14 bits per heavy atom. The van der Waals surface area contributed by atoms with E-state index in [-0.39, 0.29) is 12.2 Å². The van der Waals surface area contributed by atoms with Crippen molar-refractivity contribution in [3.05, 3.63) is 71.8 Å². The van der Waals surface area contributed by atoms with Crippen molar-refractivity contribution in [2.75, 3.05) is 25.3 Å². The van der Waals surface area contributed by atoms with Crippen LogP contribution in [0.4, 0.5) is 5.13 Å². The number of carbonyl (C=O) groups excluding carboxylic acids is 2. The molecule has 4 rings (SSSR count). The van der Waals surface area contributed by atoms with Crippen molar-refractivity contribution in [3.8, 4) is 22.5 Å². The summed E-state index contributed by atoms with van der Waals surface area (Å²) < 4.78 is 29.3. The standard InChI is InChI=1S/C24H24N6O5S2/c1-15-25-9-7-19(26-15)16-5-4-6-17(11-16)21-14-36-24(28-21)29-23(32)20(13-35-2)27-22(31)18-8-10-30(12-18)37(3,33)34/h4-12,14,20H,13H2,1-3H3,(H,27,31)(H,28,29,32). The molecule has 13 heteroatoms. The molecule has 0 saturated carbocycles. The Balaban J connectivity index is 1.46. The summed E-state index contributed by atoms with van der Waals surface area (Å²) in [6, 6.07) is 9.87. The average Bonchev–Trinajstić information content (AvgIpc) is 3.54. The molecule has 0 bridgehead atoms. The van der Waals surface area contributed by atoms with E-state index in [1.807, 2.05) is 42.6 Å². The van der Waals surface area contributed by atoms with Crippen molar-refractivity contribution in [3.63, 3.8) is 0 Å². The second kappa shape index (κ2) is 11.0. The highest BCUT2D eigenvalue weighted by molar-refractivity contribution is 7.89. The summed E-state index contributed by atoms with van der Waals surface area (Å²) in [7, 11) is -2.13. The van der Waals surface area contributed by atoms with Gasteiger partial charge in [0.2, 0.25) is 10.0 Å². The fraction of sp³-hybridized carbons (Fsp3) is 0.208. The third-order valence-electron chi connectivity index (χ3n) is 5.23. The zero-order valence-corrected chi connectivity index (χ0v) is 21.8. The van der Waals surface area contributed by atoms with Gasteiger partial charge in [0.15, 0.2) is 5.13 Å². The summed E-state index contributed by atoms with van der Waals surface area (Å²) in [5, 5.41) is 7.44. The van der Waals surface area contributed by atoms with Crippen molar-refractivity contribution < 1.29 is 22.7 Å². The van der Waals surface area contributed by atoms with Crippen LogP contribution in [0.3, 0.4) is 0 Å². The van der Waals surface area contributed by atoms with Gasteiger partial charge in [-0.05, 0) is 25.1 Å². The average molecular weight is 541 g/mol. The van der Waals surface area contributed by atoms with Crippen molar-refractivity contribution in [1.29, 1.82) is 0 Å². The lowest BCUT2D eigenvalue weighted by Gasteiger charge is -2.16. The Labute approximate surface area is 217 Å². The van der Waals surface area contributed by atoms with Gasteiger partial charge in [-0.3, -0.25) is 13.6 Å². The largest absolute Gasteiger partial charge is 0.382 e. The van der Waals surface area contributed by atoms with Crippen molar-refractivity contribution in [2.45, 2.75) is 13.0 Å². The highest BCUT2D eigenvalue weighted by Crippen LogP contribution is 2.28. The zero-order chi connectivity index (χ0) is 26.6. The SMILES string of the molecule is COCC(NC(=O)c1ccn(S(C)(=O)=O)c1)C(=O)Nc1nc(-c2cccc(-c3ccnc(C)n3)c2)cs1. The number of ether oxygens (including phenoxy) is 1. The molecular weight excluding hydrogens is 516 g/mol. The number of thiazole rings is 1. The molecule has 0 saturated heterocycles. The molecular formula is C24H24N6O5S2. The summed E-state index contributed by atoms with van der Waals surface area (Å²) in [5.41, 5.74) is 3.32. The maximum atomic E-state index is 12.9. The first kappa shape index (κ1) is 26.1. The number of anilines is 1. The molecule has 1 atom stereocenters. The molecule has 1 unspecified atom stereocenters. The van der Waals surface area contributed by atoms with Gasteiger partial charge in [-0.2, -0.15) is 0 Å². The van der Waals surface area contributed by atoms with Gasteiger partial charge in [0, 0.05) is 42.2 Å². The molecule has 0 aliphatic carbocycles. The molecule has 0 aliphatic heterocycles. The van der Waals surface area contributed by atoms with Crippen LogP contribution in [0, 0.1) is 6.92 Å². The van der Waals surface area contributed by atoms with Gasteiger partial charge in [-0.15, -0.1) is 11.3 Å². The topological polar surface area (TPSA) is 145 Å². The lowest BCUT2D eigenvalue weighted by molar-refractivity contribution is -0.119. The lowest BCUT2D eigenvalue weighted by atomic mass is 10.1. The van der Waals surface area contributed by atoms with Gasteiger partial charge in [0.1, 0.15) is 11.9 Å². The quantitative estimate of drug-likeness (QED) is 0.330. The van der Waals surface area contributed by atoms with Crippen LogP contribution in [0.1, 0.15) is 16.2 Å². The first-order chi connectivity index (χ1) is 17.6. The van der Waals surface area contributed by atoms with E-state index in [2.05, 4.69) is 25.6 Å². The van der Waals surface area contributed by atoms with Crippen molar-refractivity contribution in [1.82, 2.24) is 24.2 Å². The van der Waals surface area contributed by atoms with E-state index in [1.54, 1.807) is 6.20 Å². The molecule has 2 amide bonds. The molecule has 3 heterocycles. The number of hydrogen-bond donors (Lipinski definition) is 2. The van der Waals surface area contributed by atoms with E-state index in [9.17, 15) is 18.0 Å². The first-order valence-corrected chi connectivity index (χ1v) is 13.7. The third-order valence-corrected chi connectivity index (χ3v) is 6.98. The number of amides is 2. The van der Waals surface area contributed by atoms with Gasteiger partial charge >= 0.3 is 0 Å². The number of methoxy groups -OCH3 is 1. The van der Waals surface area contributed by atoms with Gasteiger partial charge in [-0.25, -0.2) is 23.4 Å². The van der Waals surface area contributed by atoms with E-state index in [0.717, 1.165) is 27.0 Å². The van der Waals surface area contributed by atoms with Crippen LogP contribution in [-0.4, -0.2) is 65.2 Å². The molecule has 0 radical (unpaired) electrons. The number of nitrogens with one attached hydrogen (secondary N) is 2. The fourth-order valence-corrected chi connectivity index (χ4v) is 4.73. The minimum absolute atomic E-state index is 0.0922. The zero-order valence-electron chi connectivity index (χ0n) is 20.2. The van der Waals surface area contributed by atoms with Gasteiger partial charge in [0.25, 0.3) is 11.8 Å². The number of aryl methyl sites for hydroxylation is 1. The van der Waals surface area contributed by atoms with Crippen LogP contribution in [-0.2, 0) is 19.6 Å². The molecule has 1 aromatic carbocycles. The molecule has 3 aromatic heterocycles. The van der Waals surface area contributed by atoms with Crippen LogP contribution < -0.4 is 10.6 Å². The van der Waals surface area contributed by atoms with Crippen LogP contribution in [0.25, 0.3) is 22.5 Å². The maximum absolute atomic E-state index is 12.9. The maximum Gasteiger partial charge on any atom is 0.253 e. The number of benzene rings is 1. The molecule has 0 spiro atoms. The Morgan fingerprint density at radius 3 is 2.57 bits per heavy atom. The van der Waals surface area contributed by atoms with Crippen LogP contribution in [0.5, 0.6) is 0 Å². The second-order valence-electron chi connectivity index (χ2n) is 8.07. The first-order valence-electron chi connectivity index (χ1n) is 11.0. The van der Waals surface area contributed by atoms with Crippen LogP contribution >= 0.6 is 11.3 Å². The van der Waals surface area contributed by atoms with Gasteiger partial charge in [0.05, 0.1) is 29.8 Å². The Kier molecular flexibility index (Phi) is 7.76. The lowest BCUT2D eigenvalue weighted by Crippen LogP contribution is -2.46. The van der Waals surface area contributed by atoms with E-state index < -0.39 is 27.9 Å². The summed E-state index contributed by atoms with van der Waals surface area (Å²) in [6.45, 7) is 1.73. The smallest absolute Gasteiger partial charge is 0.253 e. The molecule has 2 N–H and O–H groups in total. The monoisotopic (exact) mass is 540 g/mol. The summed E-state index contributed by atoms with van der Waals surface area (Å²) in [4.78, 5) is 38.6. The molecule has 0 aliphatic rings. The number of hydrogen-bond acceptors (Lipinski definition) is 9. The number of aromatic nitrogens is 4. The summed E-state index contributed by atoms with van der Waals surface area (Å²) >= 11 is 1.24. The molecule has 4 aromatic rings. The van der Waals surface area contributed by atoms with E-state index in [1.165, 1.54) is 36.9 Å².